The van der Waals surface area contributed by atoms with Crippen LogP contribution in [0.25, 0.3) is 0 Å². The summed E-state index contributed by atoms with van der Waals surface area (Å²) in [6.45, 7) is 3.31. The third-order valence-electron chi connectivity index (χ3n) is 2.82. The maximum atomic E-state index is 11.4. The predicted molar refractivity (Wildman–Crippen MR) is 75.2 cm³/mol. The van der Waals surface area contributed by atoms with Crippen LogP contribution in [0.2, 0.25) is 0 Å². The zero-order valence-electron chi connectivity index (χ0n) is 11.7. The summed E-state index contributed by atoms with van der Waals surface area (Å²) in [4.78, 5) is 22.8. The molecule has 0 fully saturated rings. The molecule has 19 heavy (non-hydrogen) atoms. The summed E-state index contributed by atoms with van der Waals surface area (Å²) < 4.78 is 0. The standard InChI is InChI=1S/C12H27N5O2/c1-2-9(14)3-5-16-11(18)7-12(19)17-6-4-10(15)8-13/h9-10H,2-8,13-15H2,1H3,(H,16,18)(H,17,19). The fourth-order valence-corrected chi connectivity index (χ4v) is 1.39. The highest BCUT2D eigenvalue weighted by Gasteiger charge is 2.09. The molecule has 0 aromatic heterocycles. The smallest absolute Gasteiger partial charge is 0.229 e. The summed E-state index contributed by atoms with van der Waals surface area (Å²) in [5.41, 5.74) is 16.7. The summed E-state index contributed by atoms with van der Waals surface area (Å²) >= 11 is 0. The van der Waals surface area contributed by atoms with Gasteiger partial charge in [-0.25, -0.2) is 0 Å². The van der Waals surface area contributed by atoms with Gasteiger partial charge in [-0.1, -0.05) is 6.92 Å². The lowest BCUT2D eigenvalue weighted by Gasteiger charge is -2.11. The number of carbonyl (C=O) groups excluding carboxylic acids is 2. The summed E-state index contributed by atoms with van der Waals surface area (Å²) in [7, 11) is 0. The van der Waals surface area contributed by atoms with Gasteiger partial charge in [0.2, 0.25) is 11.8 Å². The minimum Gasteiger partial charge on any atom is -0.356 e. The van der Waals surface area contributed by atoms with E-state index in [4.69, 9.17) is 17.2 Å². The van der Waals surface area contributed by atoms with E-state index < -0.39 is 0 Å². The van der Waals surface area contributed by atoms with Gasteiger partial charge in [0.15, 0.2) is 0 Å². The van der Waals surface area contributed by atoms with Crippen molar-refractivity contribution < 1.29 is 9.59 Å². The molecule has 0 rings (SSSR count). The molecule has 2 atom stereocenters. The molecular weight excluding hydrogens is 246 g/mol. The minimum absolute atomic E-state index is 0.0897. The maximum absolute atomic E-state index is 11.4. The Kier molecular flexibility index (Phi) is 10.1. The quantitative estimate of drug-likeness (QED) is 0.306. The van der Waals surface area contributed by atoms with Gasteiger partial charge in [-0.2, -0.15) is 0 Å². The van der Waals surface area contributed by atoms with Gasteiger partial charge in [0, 0.05) is 31.7 Å². The third-order valence-corrected chi connectivity index (χ3v) is 2.82. The van der Waals surface area contributed by atoms with E-state index >= 15 is 0 Å². The van der Waals surface area contributed by atoms with Crippen molar-refractivity contribution in [1.29, 1.82) is 0 Å². The highest BCUT2D eigenvalue weighted by molar-refractivity contribution is 5.96. The Bertz CT molecular complexity index is 247. The number of carbonyl (C=O) groups is 2. The van der Waals surface area contributed by atoms with Gasteiger partial charge < -0.3 is 27.8 Å². The molecule has 0 bridgehead atoms. The second kappa shape index (κ2) is 10.7. The molecule has 2 amide bonds. The third kappa shape index (κ3) is 10.4. The molecule has 7 nitrogen and oxygen atoms in total. The topological polar surface area (TPSA) is 136 Å². The Balaban J connectivity index is 3.61. The minimum atomic E-state index is -0.304. The van der Waals surface area contributed by atoms with E-state index in [0.717, 1.165) is 12.8 Å². The van der Waals surface area contributed by atoms with Crippen LogP contribution in [0.5, 0.6) is 0 Å². The summed E-state index contributed by atoms with van der Waals surface area (Å²) in [5, 5.41) is 5.29. The van der Waals surface area contributed by atoms with Crippen LogP contribution in [0.4, 0.5) is 0 Å². The Morgan fingerprint density at radius 2 is 1.47 bits per heavy atom. The SMILES string of the molecule is CCC(N)CCNC(=O)CC(=O)NCCC(N)CN. The van der Waals surface area contributed by atoms with E-state index in [9.17, 15) is 9.59 Å². The molecule has 0 aromatic carbocycles. The van der Waals surface area contributed by atoms with Crippen LogP contribution in [0.1, 0.15) is 32.6 Å². The van der Waals surface area contributed by atoms with E-state index in [0.29, 0.717) is 26.1 Å². The van der Waals surface area contributed by atoms with Crippen molar-refractivity contribution in [3.8, 4) is 0 Å². The number of nitrogens with one attached hydrogen (secondary N) is 2. The second-order valence-electron chi connectivity index (χ2n) is 4.62. The number of amides is 2. The van der Waals surface area contributed by atoms with E-state index in [2.05, 4.69) is 10.6 Å². The van der Waals surface area contributed by atoms with Gasteiger partial charge in [-0.3, -0.25) is 9.59 Å². The van der Waals surface area contributed by atoms with E-state index in [1.165, 1.54) is 0 Å². The van der Waals surface area contributed by atoms with Crippen LogP contribution < -0.4 is 27.8 Å². The maximum Gasteiger partial charge on any atom is 0.229 e. The zero-order valence-corrected chi connectivity index (χ0v) is 11.7. The van der Waals surface area contributed by atoms with E-state index in [1.807, 2.05) is 6.92 Å². The first-order chi connectivity index (χ1) is 8.99. The van der Waals surface area contributed by atoms with Crippen molar-refractivity contribution in [2.45, 2.75) is 44.7 Å². The van der Waals surface area contributed by atoms with Crippen molar-refractivity contribution in [2.75, 3.05) is 19.6 Å². The van der Waals surface area contributed by atoms with Gasteiger partial charge in [0.25, 0.3) is 0 Å². The molecule has 7 heteroatoms. The van der Waals surface area contributed by atoms with Crippen molar-refractivity contribution in [2.24, 2.45) is 17.2 Å². The van der Waals surface area contributed by atoms with Gasteiger partial charge in [-0.05, 0) is 19.3 Å². The lowest BCUT2D eigenvalue weighted by molar-refractivity contribution is -0.129. The van der Waals surface area contributed by atoms with Crippen molar-refractivity contribution in [3.05, 3.63) is 0 Å². The summed E-state index contributed by atoms with van der Waals surface area (Å²) in [6, 6.07) is -0.0310. The van der Waals surface area contributed by atoms with E-state index in [1.54, 1.807) is 0 Å². The fraction of sp³-hybridized carbons (Fsp3) is 0.833. The van der Waals surface area contributed by atoms with Crippen molar-refractivity contribution >= 4 is 11.8 Å². The molecule has 2 unspecified atom stereocenters. The molecule has 112 valence electrons. The Morgan fingerprint density at radius 3 is 1.89 bits per heavy atom. The Morgan fingerprint density at radius 1 is 1.00 bits per heavy atom. The average Bonchev–Trinajstić information content (AvgIpc) is 2.37. The van der Waals surface area contributed by atoms with Crippen LogP contribution in [0.3, 0.4) is 0 Å². The molecule has 0 aromatic rings. The predicted octanol–water partition coefficient (Wildman–Crippen LogP) is -1.59. The average molecular weight is 273 g/mol. The van der Waals surface area contributed by atoms with Crippen LogP contribution in [-0.2, 0) is 9.59 Å². The number of rotatable bonds is 10. The largest absolute Gasteiger partial charge is 0.356 e. The van der Waals surface area contributed by atoms with Crippen molar-refractivity contribution in [1.82, 2.24) is 10.6 Å². The lowest BCUT2D eigenvalue weighted by Crippen LogP contribution is -2.37. The van der Waals surface area contributed by atoms with Gasteiger partial charge >= 0.3 is 0 Å². The normalized spacial score (nSPS) is 13.7. The monoisotopic (exact) mass is 273 g/mol. The van der Waals surface area contributed by atoms with Gasteiger partial charge in [0.05, 0.1) is 0 Å². The molecule has 0 aliphatic heterocycles. The zero-order chi connectivity index (χ0) is 14.7. The second-order valence-corrected chi connectivity index (χ2v) is 4.62. The van der Waals surface area contributed by atoms with Crippen LogP contribution in [0.15, 0.2) is 0 Å². The molecule has 0 heterocycles. The molecule has 0 radical (unpaired) electrons. The number of nitrogens with two attached hydrogens (primary N) is 3. The summed E-state index contributed by atoms with van der Waals surface area (Å²) in [5.74, 6) is -0.592. The summed E-state index contributed by atoms with van der Waals surface area (Å²) in [6.07, 6.45) is 2.03. The first-order valence-electron chi connectivity index (χ1n) is 6.74. The van der Waals surface area contributed by atoms with Crippen LogP contribution in [0, 0.1) is 0 Å². The highest BCUT2D eigenvalue weighted by Crippen LogP contribution is 1.91. The molecule has 0 saturated heterocycles. The lowest BCUT2D eigenvalue weighted by atomic mass is 10.2. The molecule has 0 saturated carbocycles. The van der Waals surface area contributed by atoms with Gasteiger partial charge in [0.1, 0.15) is 6.42 Å². The first-order valence-corrected chi connectivity index (χ1v) is 6.74. The first kappa shape index (κ1) is 17.8. The molecule has 0 aliphatic carbocycles. The van der Waals surface area contributed by atoms with Crippen molar-refractivity contribution in [3.63, 3.8) is 0 Å². The van der Waals surface area contributed by atoms with E-state index in [-0.39, 0.29) is 30.3 Å². The highest BCUT2D eigenvalue weighted by atomic mass is 16.2. The molecule has 0 aliphatic rings. The molecular formula is C12H27N5O2. The Hall–Kier alpha value is -1.18. The molecule has 8 N–H and O–H groups in total. The number of hydrogen-bond acceptors (Lipinski definition) is 5. The number of hydrogen-bond donors (Lipinski definition) is 5. The van der Waals surface area contributed by atoms with Gasteiger partial charge in [-0.15, -0.1) is 0 Å². The molecule has 0 spiro atoms. The Labute approximate surface area is 114 Å². The van der Waals surface area contributed by atoms with Crippen LogP contribution in [-0.4, -0.2) is 43.5 Å². The fourth-order valence-electron chi connectivity index (χ4n) is 1.39. The van der Waals surface area contributed by atoms with Crippen LogP contribution >= 0.6 is 0 Å².